The van der Waals surface area contributed by atoms with Gasteiger partial charge in [0.15, 0.2) is 6.61 Å². The van der Waals surface area contributed by atoms with E-state index < -0.39 is 5.91 Å². The van der Waals surface area contributed by atoms with E-state index in [0.717, 1.165) is 5.56 Å². The fourth-order valence-corrected chi connectivity index (χ4v) is 3.11. The molecule has 3 rings (SSSR count). The van der Waals surface area contributed by atoms with Gasteiger partial charge in [-0.1, -0.05) is 53.5 Å². The topological polar surface area (TPSA) is 91.2 Å². The summed E-state index contributed by atoms with van der Waals surface area (Å²) in [6.07, 6.45) is 1.45. The molecule has 2 N–H and O–H groups in total. The predicted octanol–water partition coefficient (Wildman–Crippen LogP) is 5.87. The normalized spacial score (nSPS) is 10.8. The van der Waals surface area contributed by atoms with Crippen LogP contribution in [-0.4, -0.2) is 18.4 Å². The zero-order valence-electron chi connectivity index (χ0n) is 17.6. The predicted molar refractivity (Wildman–Crippen MR) is 130 cm³/mol. The lowest BCUT2D eigenvalue weighted by Gasteiger charge is -2.09. The third kappa shape index (κ3) is 6.84. The van der Waals surface area contributed by atoms with Gasteiger partial charge in [-0.05, 0) is 60.5 Å². The van der Waals surface area contributed by atoms with Gasteiger partial charge in [0.1, 0.15) is 17.4 Å². The minimum Gasteiger partial charge on any atom is -0.484 e. The van der Waals surface area contributed by atoms with Crippen LogP contribution in [0, 0.1) is 18.3 Å². The van der Waals surface area contributed by atoms with Crippen molar-refractivity contribution in [1.82, 2.24) is 0 Å². The van der Waals surface area contributed by atoms with Crippen LogP contribution >= 0.6 is 23.2 Å². The highest BCUT2D eigenvalue weighted by Crippen LogP contribution is 2.22. The van der Waals surface area contributed by atoms with Gasteiger partial charge in [-0.15, -0.1) is 0 Å². The second kappa shape index (κ2) is 11.2. The summed E-state index contributed by atoms with van der Waals surface area (Å²) in [5.74, 6) is -0.441. The van der Waals surface area contributed by atoms with E-state index in [0.29, 0.717) is 32.7 Å². The lowest BCUT2D eigenvalue weighted by molar-refractivity contribution is -0.118. The third-order valence-electron chi connectivity index (χ3n) is 4.50. The molecule has 0 aliphatic heterocycles. The number of para-hydroxylation sites is 1. The minimum atomic E-state index is -0.571. The van der Waals surface area contributed by atoms with Crippen LogP contribution in [0.2, 0.25) is 10.0 Å². The Morgan fingerprint density at radius 2 is 1.73 bits per heavy atom. The maximum Gasteiger partial charge on any atom is 0.266 e. The molecular formula is C25H19Cl2N3O3. The molecule has 0 aliphatic rings. The van der Waals surface area contributed by atoms with E-state index >= 15 is 0 Å². The fourth-order valence-electron chi connectivity index (χ4n) is 2.74. The van der Waals surface area contributed by atoms with E-state index in [2.05, 4.69) is 10.6 Å². The quantitative estimate of drug-likeness (QED) is 0.327. The van der Waals surface area contributed by atoms with Gasteiger partial charge in [0.25, 0.3) is 11.8 Å². The SMILES string of the molecule is Cc1ccc(NC(=O)COc2ccc(/C=C(\C#N)C(=O)Nc3ccccc3Cl)cc2)cc1Cl. The van der Waals surface area contributed by atoms with Crippen LogP contribution in [0.25, 0.3) is 6.08 Å². The Labute approximate surface area is 201 Å². The summed E-state index contributed by atoms with van der Waals surface area (Å²) >= 11 is 12.1. The molecule has 0 fully saturated rings. The number of aryl methyl sites for hydroxylation is 1. The Hall–Kier alpha value is -3.79. The molecule has 0 saturated carbocycles. The largest absolute Gasteiger partial charge is 0.484 e. The fraction of sp³-hybridized carbons (Fsp3) is 0.0800. The number of benzene rings is 3. The number of rotatable bonds is 7. The molecule has 6 nitrogen and oxygen atoms in total. The smallest absolute Gasteiger partial charge is 0.266 e. The van der Waals surface area contributed by atoms with Crippen LogP contribution in [-0.2, 0) is 9.59 Å². The third-order valence-corrected chi connectivity index (χ3v) is 5.24. The molecule has 33 heavy (non-hydrogen) atoms. The van der Waals surface area contributed by atoms with Gasteiger partial charge in [-0.25, -0.2) is 0 Å². The second-order valence-electron chi connectivity index (χ2n) is 6.97. The molecule has 0 unspecified atom stereocenters. The number of ether oxygens (including phenoxy) is 1. The summed E-state index contributed by atoms with van der Waals surface area (Å²) in [5.41, 5.74) is 2.45. The highest BCUT2D eigenvalue weighted by Gasteiger charge is 2.11. The average Bonchev–Trinajstić information content (AvgIpc) is 2.80. The number of carbonyl (C=O) groups excluding carboxylic acids is 2. The number of hydrogen-bond donors (Lipinski definition) is 2. The Balaban J connectivity index is 1.58. The van der Waals surface area contributed by atoms with Gasteiger partial charge in [-0.2, -0.15) is 5.26 Å². The number of nitrogens with one attached hydrogen (secondary N) is 2. The van der Waals surface area contributed by atoms with E-state index in [1.807, 2.05) is 19.1 Å². The van der Waals surface area contributed by atoms with Gasteiger partial charge in [0, 0.05) is 10.7 Å². The number of nitrogens with zero attached hydrogens (tertiary/aromatic N) is 1. The van der Waals surface area contributed by atoms with Crippen molar-refractivity contribution in [2.75, 3.05) is 17.2 Å². The number of hydrogen-bond acceptors (Lipinski definition) is 4. The number of anilines is 2. The molecule has 8 heteroatoms. The zero-order chi connectivity index (χ0) is 23.8. The molecule has 0 atom stereocenters. The number of carbonyl (C=O) groups is 2. The van der Waals surface area contributed by atoms with Crippen LogP contribution in [0.4, 0.5) is 11.4 Å². The summed E-state index contributed by atoms with van der Waals surface area (Å²) in [6, 6.07) is 20.5. The van der Waals surface area contributed by atoms with Crippen molar-refractivity contribution in [1.29, 1.82) is 5.26 Å². The van der Waals surface area contributed by atoms with Crippen LogP contribution in [0.3, 0.4) is 0 Å². The molecule has 0 aromatic heterocycles. The molecule has 0 spiro atoms. The van der Waals surface area contributed by atoms with Crippen LogP contribution in [0.5, 0.6) is 5.75 Å². The summed E-state index contributed by atoms with van der Waals surface area (Å²) in [6.45, 7) is 1.69. The molecule has 3 aromatic carbocycles. The van der Waals surface area contributed by atoms with E-state index in [-0.39, 0.29) is 18.1 Å². The summed E-state index contributed by atoms with van der Waals surface area (Å²) in [4.78, 5) is 24.5. The van der Waals surface area contributed by atoms with Crippen molar-refractivity contribution in [3.8, 4) is 11.8 Å². The van der Waals surface area contributed by atoms with Gasteiger partial charge in [0.05, 0.1) is 10.7 Å². The number of amides is 2. The lowest BCUT2D eigenvalue weighted by atomic mass is 10.1. The summed E-state index contributed by atoms with van der Waals surface area (Å²) in [7, 11) is 0. The first-order valence-electron chi connectivity index (χ1n) is 9.82. The molecule has 2 amide bonds. The molecule has 0 aliphatic carbocycles. The molecule has 0 radical (unpaired) electrons. The standard InChI is InChI=1S/C25H19Cl2N3O3/c1-16-6-9-19(13-22(16)27)29-24(31)15-33-20-10-7-17(8-11-20)12-18(14-28)25(32)30-23-5-3-2-4-21(23)26/h2-13H,15H2,1H3,(H,29,31)(H,30,32)/b18-12+. The lowest BCUT2D eigenvalue weighted by Crippen LogP contribution is -2.20. The molecule has 3 aromatic rings. The zero-order valence-corrected chi connectivity index (χ0v) is 19.1. The van der Waals surface area contributed by atoms with Crippen LogP contribution < -0.4 is 15.4 Å². The minimum absolute atomic E-state index is 0.0836. The Morgan fingerprint density at radius 3 is 2.39 bits per heavy atom. The van der Waals surface area contributed by atoms with Gasteiger partial charge in [-0.3, -0.25) is 9.59 Å². The Morgan fingerprint density at radius 1 is 1.00 bits per heavy atom. The Bertz CT molecular complexity index is 1250. The van der Waals surface area contributed by atoms with E-state index in [1.54, 1.807) is 60.7 Å². The highest BCUT2D eigenvalue weighted by molar-refractivity contribution is 6.34. The molecule has 166 valence electrons. The molecule has 0 saturated heterocycles. The van der Waals surface area contributed by atoms with Crippen molar-refractivity contribution in [3.05, 3.63) is 93.5 Å². The maximum atomic E-state index is 12.4. The van der Waals surface area contributed by atoms with E-state index in [4.69, 9.17) is 27.9 Å². The first-order chi connectivity index (χ1) is 15.9. The van der Waals surface area contributed by atoms with Crippen LogP contribution in [0.15, 0.2) is 72.3 Å². The highest BCUT2D eigenvalue weighted by atomic mass is 35.5. The average molecular weight is 480 g/mol. The van der Waals surface area contributed by atoms with Crippen molar-refractivity contribution in [2.24, 2.45) is 0 Å². The van der Waals surface area contributed by atoms with Crippen LogP contribution in [0.1, 0.15) is 11.1 Å². The second-order valence-corrected chi connectivity index (χ2v) is 7.79. The summed E-state index contributed by atoms with van der Waals surface area (Å²) in [5, 5.41) is 15.6. The monoisotopic (exact) mass is 479 g/mol. The first kappa shape index (κ1) is 23.9. The van der Waals surface area contributed by atoms with E-state index in [9.17, 15) is 14.9 Å². The van der Waals surface area contributed by atoms with Crippen molar-refractivity contribution in [2.45, 2.75) is 6.92 Å². The summed E-state index contributed by atoms with van der Waals surface area (Å²) < 4.78 is 5.50. The van der Waals surface area contributed by atoms with Crippen molar-refractivity contribution < 1.29 is 14.3 Å². The maximum absolute atomic E-state index is 12.4. The van der Waals surface area contributed by atoms with Gasteiger partial charge < -0.3 is 15.4 Å². The number of nitriles is 1. The van der Waals surface area contributed by atoms with E-state index in [1.165, 1.54) is 6.08 Å². The first-order valence-corrected chi connectivity index (χ1v) is 10.6. The molecular weight excluding hydrogens is 461 g/mol. The number of halogens is 2. The Kier molecular flexibility index (Phi) is 8.09. The molecule has 0 heterocycles. The van der Waals surface area contributed by atoms with Gasteiger partial charge >= 0.3 is 0 Å². The van der Waals surface area contributed by atoms with Gasteiger partial charge in [0.2, 0.25) is 0 Å². The molecule has 0 bridgehead atoms. The van der Waals surface area contributed by atoms with Crippen molar-refractivity contribution >= 4 is 52.5 Å². The van der Waals surface area contributed by atoms with Crippen molar-refractivity contribution in [3.63, 3.8) is 0 Å².